The molecule has 0 atom stereocenters. The summed E-state index contributed by atoms with van der Waals surface area (Å²) < 4.78 is 6.61. The Kier molecular flexibility index (Phi) is 7.66. The first-order chi connectivity index (χ1) is 15.4. The highest BCUT2D eigenvalue weighted by Gasteiger charge is 2.13. The number of aromatic carboxylic acids is 1. The number of ether oxygens (including phenoxy) is 1. The number of hydrogen-bond donors (Lipinski definition) is 2. The highest BCUT2D eigenvalue weighted by molar-refractivity contribution is 9.10. The van der Waals surface area contributed by atoms with Gasteiger partial charge in [-0.3, -0.25) is 4.79 Å². The summed E-state index contributed by atoms with van der Waals surface area (Å²) in [6.45, 7) is 0.177. The van der Waals surface area contributed by atoms with E-state index in [-0.39, 0.29) is 17.7 Å². The van der Waals surface area contributed by atoms with E-state index in [4.69, 9.17) is 21.4 Å². The first-order valence-electron chi connectivity index (χ1n) is 9.29. The minimum Gasteiger partial charge on any atom is -0.488 e. The van der Waals surface area contributed by atoms with Gasteiger partial charge in [0.15, 0.2) is 0 Å². The molecule has 0 aromatic heterocycles. The molecule has 0 spiro atoms. The summed E-state index contributed by atoms with van der Waals surface area (Å²) in [5.41, 5.74) is 1.75. The van der Waals surface area contributed by atoms with Gasteiger partial charge in [-0.2, -0.15) is 5.26 Å². The Morgan fingerprint density at radius 2 is 1.84 bits per heavy atom. The maximum absolute atomic E-state index is 12.6. The van der Waals surface area contributed by atoms with Crippen LogP contribution >= 0.6 is 27.5 Å². The molecule has 0 bridgehead atoms. The van der Waals surface area contributed by atoms with Crippen molar-refractivity contribution in [3.63, 3.8) is 0 Å². The van der Waals surface area contributed by atoms with Gasteiger partial charge in [0.05, 0.1) is 16.3 Å². The number of rotatable bonds is 7. The number of hydrogen-bond acceptors (Lipinski definition) is 4. The first kappa shape index (κ1) is 23.1. The summed E-state index contributed by atoms with van der Waals surface area (Å²) in [6, 6.07) is 20.2. The number of halogens is 2. The van der Waals surface area contributed by atoms with Gasteiger partial charge in [-0.25, -0.2) is 4.79 Å². The summed E-state index contributed by atoms with van der Waals surface area (Å²) in [5.74, 6) is -1.15. The number of amides is 1. The molecule has 0 aliphatic heterocycles. The minimum absolute atomic E-state index is 0.126. The van der Waals surface area contributed by atoms with Crippen LogP contribution in [0.5, 0.6) is 5.75 Å². The van der Waals surface area contributed by atoms with Crippen LogP contribution in [0.3, 0.4) is 0 Å². The average molecular weight is 512 g/mol. The molecule has 0 fully saturated rings. The molecule has 8 heteroatoms. The van der Waals surface area contributed by atoms with Crippen LogP contribution in [0.4, 0.5) is 5.69 Å². The van der Waals surface area contributed by atoms with E-state index in [9.17, 15) is 14.9 Å². The molecule has 0 saturated carbocycles. The second kappa shape index (κ2) is 10.6. The lowest BCUT2D eigenvalue weighted by Crippen LogP contribution is -2.13. The van der Waals surface area contributed by atoms with Crippen molar-refractivity contribution in [3.8, 4) is 11.8 Å². The first-order valence-corrected chi connectivity index (χ1v) is 10.5. The zero-order valence-electron chi connectivity index (χ0n) is 16.5. The fourth-order valence-electron chi connectivity index (χ4n) is 2.72. The highest BCUT2D eigenvalue weighted by atomic mass is 79.9. The molecule has 0 unspecified atom stereocenters. The molecule has 2 N–H and O–H groups in total. The van der Waals surface area contributed by atoms with Gasteiger partial charge in [0, 0.05) is 10.0 Å². The predicted octanol–water partition coefficient (Wildman–Crippen LogP) is 5.93. The summed E-state index contributed by atoms with van der Waals surface area (Å²) in [7, 11) is 0. The molecule has 0 saturated heterocycles. The smallest absolute Gasteiger partial charge is 0.335 e. The van der Waals surface area contributed by atoms with Crippen LogP contribution in [-0.2, 0) is 11.4 Å². The van der Waals surface area contributed by atoms with Gasteiger partial charge in [0.25, 0.3) is 5.91 Å². The quantitative estimate of drug-likeness (QED) is 0.303. The number of anilines is 1. The molecule has 0 heterocycles. The number of carboxylic acid groups (broad SMARTS) is 1. The molecular formula is C24H16BrClN2O4. The number of nitrogens with zero attached hydrogens (tertiary/aromatic N) is 1. The molecular weight excluding hydrogens is 496 g/mol. The molecule has 32 heavy (non-hydrogen) atoms. The van der Waals surface area contributed by atoms with E-state index in [0.29, 0.717) is 22.0 Å². The van der Waals surface area contributed by atoms with Gasteiger partial charge < -0.3 is 15.2 Å². The summed E-state index contributed by atoms with van der Waals surface area (Å²) in [5, 5.41) is 21.5. The summed E-state index contributed by atoms with van der Waals surface area (Å²) in [6.07, 6.45) is 1.43. The maximum Gasteiger partial charge on any atom is 0.335 e. The number of nitrogens with one attached hydrogen (secondary N) is 1. The van der Waals surface area contributed by atoms with E-state index in [2.05, 4.69) is 21.2 Å². The van der Waals surface area contributed by atoms with Crippen molar-refractivity contribution in [3.05, 3.63) is 98.5 Å². The average Bonchev–Trinajstić information content (AvgIpc) is 2.78. The van der Waals surface area contributed by atoms with Crippen LogP contribution < -0.4 is 10.1 Å². The van der Waals surface area contributed by atoms with Crippen LogP contribution in [0.2, 0.25) is 5.02 Å². The third-order valence-electron chi connectivity index (χ3n) is 4.35. The van der Waals surface area contributed by atoms with E-state index in [1.807, 2.05) is 6.07 Å². The zero-order valence-corrected chi connectivity index (χ0v) is 18.9. The number of carboxylic acids is 1. The Morgan fingerprint density at radius 3 is 2.50 bits per heavy atom. The van der Waals surface area contributed by atoms with Gasteiger partial charge in [-0.1, -0.05) is 51.8 Å². The van der Waals surface area contributed by atoms with Crippen molar-refractivity contribution in [1.82, 2.24) is 0 Å². The molecule has 3 aromatic rings. The number of nitriles is 1. The Labute approximate surface area is 197 Å². The molecule has 160 valence electrons. The number of carbonyl (C=O) groups excluding carboxylic acids is 1. The predicted molar refractivity (Wildman–Crippen MR) is 126 cm³/mol. The van der Waals surface area contributed by atoms with E-state index >= 15 is 0 Å². The Hall–Kier alpha value is -3.60. The number of para-hydroxylation sites is 1. The van der Waals surface area contributed by atoms with E-state index in [1.165, 1.54) is 18.2 Å². The lowest BCUT2D eigenvalue weighted by atomic mass is 10.1. The lowest BCUT2D eigenvalue weighted by molar-refractivity contribution is -0.112. The second-order valence-corrected chi connectivity index (χ2v) is 7.90. The largest absolute Gasteiger partial charge is 0.488 e. The fourth-order valence-corrected chi connectivity index (χ4v) is 3.29. The van der Waals surface area contributed by atoms with Crippen molar-refractivity contribution < 1.29 is 19.4 Å². The monoisotopic (exact) mass is 510 g/mol. The van der Waals surface area contributed by atoms with Gasteiger partial charge in [0.2, 0.25) is 0 Å². The van der Waals surface area contributed by atoms with Crippen LogP contribution in [0.25, 0.3) is 6.08 Å². The molecule has 1 amide bonds. The Bertz CT molecular complexity index is 1230. The third-order valence-corrected chi connectivity index (χ3v) is 5.18. The second-order valence-electron chi connectivity index (χ2n) is 6.58. The third kappa shape index (κ3) is 5.97. The number of carbonyl (C=O) groups is 2. The van der Waals surface area contributed by atoms with Crippen molar-refractivity contribution >= 4 is 51.2 Å². The molecule has 3 aromatic carbocycles. The minimum atomic E-state index is -1.00. The molecule has 6 nitrogen and oxygen atoms in total. The maximum atomic E-state index is 12.6. The van der Waals surface area contributed by atoms with E-state index < -0.39 is 11.9 Å². The Balaban J connectivity index is 1.81. The normalized spacial score (nSPS) is 10.8. The van der Waals surface area contributed by atoms with Crippen LogP contribution in [0.1, 0.15) is 21.5 Å². The standard InChI is InChI=1S/C24H16BrClN2O4/c25-19-9-10-22(32-14-15-5-7-16(8-6-15)24(30)31)17(12-19)11-18(13-27)23(29)28-21-4-2-1-3-20(21)26/h1-12H,14H2,(H,28,29)(H,30,31)/b18-11+. The highest BCUT2D eigenvalue weighted by Crippen LogP contribution is 2.27. The van der Waals surface area contributed by atoms with E-state index in [0.717, 1.165) is 10.0 Å². The Morgan fingerprint density at radius 1 is 1.12 bits per heavy atom. The van der Waals surface area contributed by atoms with Crippen molar-refractivity contribution in [2.24, 2.45) is 0 Å². The van der Waals surface area contributed by atoms with Gasteiger partial charge in [0.1, 0.15) is 24.0 Å². The number of benzene rings is 3. The van der Waals surface area contributed by atoms with Crippen molar-refractivity contribution in [2.45, 2.75) is 6.61 Å². The molecule has 0 aliphatic rings. The fraction of sp³-hybridized carbons (Fsp3) is 0.0417. The molecule has 0 radical (unpaired) electrons. The van der Waals surface area contributed by atoms with Crippen LogP contribution in [0, 0.1) is 11.3 Å². The zero-order chi connectivity index (χ0) is 23.1. The lowest BCUT2D eigenvalue weighted by Gasteiger charge is -2.11. The van der Waals surface area contributed by atoms with E-state index in [1.54, 1.807) is 54.6 Å². The molecule has 3 rings (SSSR count). The van der Waals surface area contributed by atoms with Crippen LogP contribution in [0.15, 0.2) is 76.8 Å². The van der Waals surface area contributed by atoms with Crippen molar-refractivity contribution in [1.29, 1.82) is 5.26 Å². The van der Waals surface area contributed by atoms with Crippen LogP contribution in [-0.4, -0.2) is 17.0 Å². The molecule has 0 aliphatic carbocycles. The van der Waals surface area contributed by atoms with Gasteiger partial charge in [-0.05, 0) is 54.1 Å². The van der Waals surface area contributed by atoms with Gasteiger partial charge >= 0.3 is 5.97 Å². The topological polar surface area (TPSA) is 99.4 Å². The van der Waals surface area contributed by atoms with Gasteiger partial charge in [-0.15, -0.1) is 0 Å². The summed E-state index contributed by atoms with van der Waals surface area (Å²) >= 11 is 9.46. The van der Waals surface area contributed by atoms with Crippen molar-refractivity contribution in [2.75, 3.05) is 5.32 Å². The summed E-state index contributed by atoms with van der Waals surface area (Å²) in [4.78, 5) is 23.6. The SMILES string of the molecule is N#C/C(=C\c1cc(Br)ccc1OCc1ccc(C(=O)O)cc1)C(=O)Nc1ccccc1Cl.